The molecule has 0 unspecified atom stereocenters. The van der Waals surface area contributed by atoms with E-state index in [4.69, 9.17) is 0 Å². The number of aryl methyl sites for hydroxylation is 2. The number of hydrogen-bond donors (Lipinski definition) is 0. The molecule has 1 aromatic heterocycles. The highest BCUT2D eigenvalue weighted by Gasteiger charge is 2.37. The molecule has 1 nitrogen and oxygen atoms in total. The zero-order chi connectivity index (χ0) is 34.1. The van der Waals surface area contributed by atoms with Crippen LogP contribution in [0, 0.1) is 0 Å². The van der Waals surface area contributed by atoms with Crippen LogP contribution >= 0.6 is 11.3 Å². The van der Waals surface area contributed by atoms with Gasteiger partial charge in [-0.1, -0.05) is 117 Å². The minimum Gasteiger partial charge on any atom is -0.310 e. The molecule has 0 aliphatic heterocycles. The van der Waals surface area contributed by atoms with Gasteiger partial charge in [-0.05, 0) is 124 Å². The number of fused-ring (bicyclic) bond motifs is 7. The van der Waals surface area contributed by atoms with Gasteiger partial charge in [-0.2, -0.15) is 0 Å². The van der Waals surface area contributed by atoms with Crippen molar-refractivity contribution in [2.24, 2.45) is 0 Å². The molecular weight excluding hydrogens is 635 g/mol. The number of rotatable bonds is 5. The lowest BCUT2D eigenvalue weighted by Crippen LogP contribution is -2.17. The van der Waals surface area contributed by atoms with Crippen LogP contribution in [0.3, 0.4) is 0 Å². The van der Waals surface area contributed by atoms with Gasteiger partial charge in [0.25, 0.3) is 0 Å². The zero-order valence-electron chi connectivity index (χ0n) is 29.1. The maximum absolute atomic E-state index is 2.52. The average Bonchev–Trinajstić information content (AvgIpc) is 3.66. The first-order valence-electron chi connectivity index (χ1n) is 18.3. The van der Waals surface area contributed by atoms with Crippen LogP contribution in [0.4, 0.5) is 17.1 Å². The van der Waals surface area contributed by atoms with Crippen molar-refractivity contribution in [2.45, 2.75) is 44.9 Å². The second kappa shape index (κ2) is 11.8. The van der Waals surface area contributed by atoms with Crippen LogP contribution in [0.15, 0.2) is 152 Å². The average molecular weight is 674 g/mol. The summed E-state index contributed by atoms with van der Waals surface area (Å²) in [7, 11) is 0. The smallest absolute Gasteiger partial charge is 0.0543 e. The summed E-state index contributed by atoms with van der Waals surface area (Å²) in [5.74, 6) is 0. The molecule has 0 saturated carbocycles. The molecule has 0 saturated heterocycles. The topological polar surface area (TPSA) is 3.24 Å². The molecule has 1 heterocycles. The molecule has 2 heteroatoms. The third-order valence-electron chi connectivity index (χ3n) is 11.5. The van der Waals surface area contributed by atoms with E-state index < -0.39 is 0 Å². The Labute approximate surface area is 304 Å². The second-order valence-electron chi connectivity index (χ2n) is 14.8. The van der Waals surface area contributed by atoms with E-state index in [1.54, 1.807) is 0 Å². The SMILES string of the molecule is CC1(C)c2ccccc2-c2cc(-c3ccc4c(c3)CCCC4)c(N(c3ccc(-c4ccccc4)cc3)c3ccc4sc5ccccc5c4c3)cc21. The van der Waals surface area contributed by atoms with Crippen molar-refractivity contribution in [1.82, 2.24) is 0 Å². The molecule has 2 aliphatic carbocycles. The fraction of sp³-hybridized carbons (Fsp3) is 0.143. The highest BCUT2D eigenvalue weighted by Crippen LogP contribution is 2.54. The molecule has 0 atom stereocenters. The van der Waals surface area contributed by atoms with Crippen LogP contribution < -0.4 is 4.90 Å². The van der Waals surface area contributed by atoms with Crippen LogP contribution in [-0.4, -0.2) is 0 Å². The zero-order valence-corrected chi connectivity index (χ0v) is 29.9. The Balaban J connectivity index is 1.25. The molecule has 0 spiro atoms. The van der Waals surface area contributed by atoms with Crippen molar-refractivity contribution in [3.8, 4) is 33.4 Å². The Morgan fingerprint density at radius 3 is 2.02 bits per heavy atom. The molecular formula is C49H39NS. The van der Waals surface area contributed by atoms with Crippen molar-refractivity contribution in [2.75, 3.05) is 4.90 Å². The Kier molecular flexibility index (Phi) is 7.05. The molecule has 2 aliphatic rings. The highest BCUT2D eigenvalue weighted by atomic mass is 32.1. The molecule has 0 bridgehead atoms. The molecule has 8 aromatic rings. The van der Waals surface area contributed by atoms with Crippen LogP contribution in [0.25, 0.3) is 53.6 Å². The standard InChI is InChI=1S/C49H39NS/c1-49(2)44-18-10-8-16-39(44)42-30-41(36-21-20-33-14-6-7-15-35(33)28-36)46(31-45(42)49)50(37-24-22-34(23-25-37)32-12-4-3-5-13-32)38-26-27-48-43(29-38)40-17-9-11-19-47(40)51-48/h3-5,8-13,16-31H,6-7,14-15H2,1-2H3. The van der Waals surface area contributed by atoms with Gasteiger partial charge in [-0.15, -0.1) is 11.3 Å². The summed E-state index contributed by atoms with van der Waals surface area (Å²) >= 11 is 1.88. The minimum atomic E-state index is -0.120. The van der Waals surface area contributed by atoms with E-state index in [1.807, 2.05) is 11.3 Å². The predicted molar refractivity (Wildman–Crippen MR) is 219 cm³/mol. The van der Waals surface area contributed by atoms with Crippen molar-refractivity contribution < 1.29 is 0 Å². The van der Waals surface area contributed by atoms with Gasteiger partial charge in [0.05, 0.1) is 5.69 Å². The molecule has 0 fully saturated rings. The number of nitrogens with zero attached hydrogens (tertiary/aromatic N) is 1. The van der Waals surface area contributed by atoms with E-state index in [2.05, 4.69) is 170 Å². The van der Waals surface area contributed by atoms with E-state index in [0.29, 0.717) is 0 Å². The molecule has 51 heavy (non-hydrogen) atoms. The molecule has 0 radical (unpaired) electrons. The van der Waals surface area contributed by atoms with E-state index >= 15 is 0 Å². The second-order valence-corrected chi connectivity index (χ2v) is 15.9. The third kappa shape index (κ3) is 4.96. The third-order valence-corrected chi connectivity index (χ3v) is 12.6. The predicted octanol–water partition coefficient (Wildman–Crippen LogP) is 14.0. The first kappa shape index (κ1) is 30.4. The summed E-state index contributed by atoms with van der Waals surface area (Å²) < 4.78 is 2.65. The molecule has 7 aromatic carbocycles. The highest BCUT2D eigenvalue weighted by molar-refractivity contribution is 7.25. The summed E-state index contributed by atoms with van der Waals surface area (Å²) in [6, 6.07) is 57.1. The van der Waals surface area contributed by atoms with Gasteiger partial charge in [0.1, 0.15) is 0 Å². The Hall–Kier alpha value is -5.44. The Morgan fingerprint density at radius 1 is 0.471 bits per heavy atom. The number of hydrogen-bond acceptors (Lipinski definition) is 2. The van der Waals surface area contributed by atoms with Gasteiger partial charge in [0.15, 0.2) is 0 Å². The van der Waals surface area contributed by atoms with Crippen molar-refractivity contribution in [3.05, 3.63) is 174 Å². The Morgan fingerprint density at radius 2 is 1.16 bits per heavy atom. The number of anilines is 3. The van der Waals surface area contributed by atoms with Gasteiger partial charge in [-0.3, -0.25) is 0 Å². The van der Waals surface area contributed by atoms with Gasteiger partial charge >= 0.3 is 0 Å². The summed E-state index contributed by atoms with van der Waals surface area (Å²) in [6.45, 7) is 4.78. The maximum atomic E-state index is 2.52. The van der Waals surface area contributed by atoms with E-state index in [9.17, 15) is 0 Å². The summed E-state index contributed by atoms with van der Waals surface area (Å²) in [6.07, 6.45) is 4.90. The summed E-state index contributed by atoms with van der Waals surface area (Å²) in [4.78, 5) is 2.52. The lowest BCUT2D eigenvalue weighted by molar-refractivity contribution is 0.660. The van der Waals surface area contributed by atoms with Gasteiger partial charge in [-0.25, -0.2) is 0 Å². The summed E-state index contributed by atoms with van der Waals surface area (Å²) in [5, 5.41) is 2.63. The van der Waals surface area contributed by atoms with E-state index in [-0.39, 0.29) is 5.41 Å². The van der Waals surface area contributed by atoms with Gasteiger partial charge in [0, 0.05) is 42.5 Å². The van der Waals surface area contributed by atoms with Crippen molar-refractivity contribution in [3.63, 3.8) is 0 Å². The fourth-order valence-electron chi connectivity index (χ4n) is 8.77. The first-order chi connectivity index (χ1) is 25.0. The van der Waals surface area contributed by atoms with Crippen molar-refractivity contribution in [1.29, 1.82) is 0 Å². The first-order valence-corrected chi connectivity index (χ1v) is 19.1. The normalized spacial score (nSPS) is 14.3. The lowest BCUT2D eigenvalue weighted by atomic mass is 9.81. The molecule has 246 valence electrons. The lowest BCUT2D eigenvalue weighted by Gasteiger charge is -2.31. The fourth-order valence-corrected chi connectivity index (χ4v) is 9.85. The quantitative estimate of drug-likeness (QED) is 0.176. The monoisotopic (exact) mass is 673 g/mol. The largest absolute Gasteiger partial charge is 0.310 e. The van der Waals surface area contributed by atoms with Crippen molar-refractivity contribution >= 4 is 48.6 Å². The van der Waals surface area contributed by atoms with Gasteiger partial charge in [0.2, 0.25) is 0 Å². The summed E-state index contributed by atoms with van der Waals surface area (Å²) in [5.41, 5.74) is 17.0. The number of benzene rings is 7. The van der Waals surface area contributed by atoms with Crippen LogP contribution in [0.1, 0.15) is 48.9 Å². The maximum Gasteiger partial charge on any atom is 0.0543 e. The minimum absolute atomic E-state index is 0.120. The van der Waals surface area contributed by atoms with Crippen LogP contribution in [0.5, 0.6) is 0 Å². The van der Waals surface area contributed by atoms with E-state index in [0.717, 1.165) is 12.1 Å². The van der Waals surface area contributed by atoms with Crippen LogP contribution in [0.2, 0.25) is 0 Å². The van der Waals surface area contributed by atoms with E-state index in [1.165, 1.54) is 106 Å². The Bertz CT molecular complexity index is 2610. The van der Waals surface area contributed by atoms with Gasteiger partial charge < -0.3 is 4.90 Å². The van der Waals surface area contributed by atoms with Crippen LogP contribution in [-0.2, 0) is 18.3 Å². The molecule has 10 rings (SSSR count). The molecule has 0 amide bonds. The number of thiophene rings is 1. The molecule has 0 N–H and O–H groups in total.